The maximum absolute atomic E-state index is 11.8. The Morgan fingerprint density at radius 2 is 1.67 bits per heavy atom. The Kier molecular flexibility index (Phi) is 5.64. The zero-order valence-electron chi connectivity index (χ0n) is 10.6. The number of halogens is 1. The maximum atomic E-state index is 11.8. The van der Waals surface area contributed by atoms with Crippen LogP contribution < -0.4 is 0 Å². The minimum atomic E-state index is -0.442. The standard InChI is InChI=1S/C12H16INO4/c1-4-7-8(11(15)17-5-2)10(13)14-9(7)12(16)18-6-3/h14H,4-6H2,1-3H3. The Bertz CT molecular complexity index is 453. The van der Waals surface area contributed by atoms with Crippen LogP contribution in [-0.4, -0.2) is 30.1 Å². The molecule has 0 saturated heterocycles. The maximum Gasteiger partial charge on any atom is 0.355 e. The smallest absolute Gasteiger partial charge is 0.355 e. The molecule has 6 heteroatoms. The molecule has 0 bridgehead atoms. The van der Waals surface area contributed by atoms with Gasteiger partial charge in [-0.05, 0) is 48.4 Å². The highest BCUT2D eigenvalue weighted by Gasteiger charge is 2.25. The van der Waals surface area contributed by atoms with E-state index in [4.69, 9.17) is 9.47 Å². The quantitative estimate of drug-likeness (QED) is 0.643. The van der Waals surface area contributed by atoms with Crippen molar-refractivity contribution in [1.29, 1.82) is 0 Å². The van der Waals surface area contributed by atoms with Gasteiger partial charge in [0.05, 0.1) is 22.5 Å². The summed E-state index contributed by atoms with van der Waals surface area (Å²) in [6, 6.07) is 0. The first-order valence-corrected chi connectivity index (χ1v) is 6.89. The molecule has 1 aromatic rings. The fraction of sp³-hybridized carbons (Fsp3) is 0.500. The molecule has 0 aliphatic rings. The molecular weight excluding hydrogens is 349 g/mol. The highest BCUT2D eigenvalue weighted by Crippen LogP contribution is 2.23. The molecule has 0 spiro atoms. The molecule has 100 valence electrons. The number of carbonyl (C=O) groups is 2. The van der Waals surface area contributed by atoms with Crippen LogP contribution in [-0.2, 0) is 15.9 Å². The number of hydrogen-bond donors (Lipinski definition) is 1. The number of aromatic nitrogens is 1. The summed E-state index contributed by atoms with van der Waals surface area (Å²) in [7, 11) is 0. The Hall–Kier alpha value is -1.05. The molecular formula is C12H16INO4. The summed E-state index contributed by atoms with van der Waals surface area (Å²) >= 11 is 1.98. The molecule has 0 aliphatic carbocycles. The third-order valence-corrected chi connectivity index (χ3v) is 3.18. The van der Waals surface area contributed by atoms with Crippen molar-refractivity contribution < 1.29 is 19.1 Å². The summed E-state index contributed by atoms with van der Waals surface area (Å²) in [6.07, 6.45) is 0.557. The van der Waals surface area contributed by atoms with Crippen LogP contribution in [0.25, 0.3) is 0 Å². The number of carbonyl (C=O) groups excluding carboxylic acids is 2. The summed E-state index contributed by atoms with van der Waals surface area (Å²) in [6.45, 7) is 5.97. The minimum Gasteiger partial charge on any atom is -0.462 e. The molecule has 0 saturated carbocycles. The van der Waals surface area contributed by atoms with Crippen LogP contribution in [0.2, 0.25) is 0 Å². The molecule has 0 unspecified atom stereocenters. The van der Waals surface area contributed by atoms with Crippen LogP contribution in [0.15, 0.2) is 0 Å². The zero-order chi connectivity index (χ0) is 13.7. The van der Waals surface area contributed by atoms with E-state index in [0.29, 0.717) is 40.2 Å². The number of hydrogen-bond acceptors (Lipinski definition) is 4. The van der Waals surface area contributed by atoms with E-state index < -0.39 is 11.9 Å². The van der Waals surface area contributed by atoms with Gasteiger partial charge < -0.3 is 14.5 Å². The number of aromatic amines is 1. The number of esters is 2. The number of H-pyrrole nitrogens is 1. The van der Waals surface area contributed by atoms with Gasteiger partial charge in [0.25, 0.3) is 0 Å². The van der Waals surface area contributed by atoms with Crippen molar-refractivity contribution in [2.75, 3.05) is 13.2 Å². The van der Waals surface area contributed by atoms with Crippen molar-refractivity contribution >= 4 is 34.5 Å². The highest BCUT2D eigenvalue weighted by molar-refractivity contribution is 14.1. The second kappa shape index (κ2) is 6.77. The predicted octanol–water partition coefficient (Wildman–Crippen LogP) is 2.54. The van der Waals surface area contributed by atoms with Gasteiger partial charge in [-0.15, -0.1) is 0 Å². The van der Waals surface area contributed by atoms with E-state index in [2.05, 4.69) is 4.98 Å². The molecule has 1 rings (SSSR count). The van der Waals surface area contributed by atoms with E-state index in [1.807, 2.05) is 29.5 Å². The van der Waals surface area contributed by atoms with Gasteiger partial charge in [-0.25, -0.2) is 9.59 Å². The van der Waals surface area contributed by atoms with E-state index in [-0.39, 0.29) is 0 Å². The molecule has 0 aliphatic heterocycles. The minimum absolute atomic E-state index is 0.298. The molecule has 0 aromatic carbocycles. The predicted molar refractivity (Wildman–Crippen MR) is 74.8 cm³/mol. The summed E-state index contributed by atoms with van der Waals surface area (Å²) in [5, 5.41) is 0. The fourth-order valence-corrected chi connectivity index (χ4v) is 2.47. The van der Waals surface area contributed by atoms with Crippen molar-refractivity contribution in [1.82, 2.24) is 4.98 Å². The average Bonchev–Trinajstić information content (AvgIpc) is 2.66. The van der Waals surface area contributed by atoms with Crippen molar-refractivity contribution in [3.05, 3.63) is 20.5 Å². The SMILES string of the molecule is CCOC(=O)c1[nH]c(I)c(C(=O)OCC)c1CC. The van der Waals surface area contributed by atoms with Crippen LogP contribution in [0.1, 0.15) is 47.2 Å². The van der Waals surface area contributed by atoms with Crippen molar-refractivity contribution in [3.8, 4) is 0 Å². The van der Waals surface area contributed by atoms with Gasteiger partial charge in [0.2, 0.25) is 0 Å². The van der Waals surface area contributed by atoms with Gasteiger partial charge in [0, 0.05) is 0 Å². The molecule has 1 heterocycles. The van der Waals surface area contributed by atoms with Crippen LogP contribution in [0.3, 0.4) is 0 Å². The van der Waals surface area contributed by atoms with Gasteiger partial charge >= 0.3 is 11.9 Å². The average molecular weight is 365 g/mol. The summed E-state index contributed by atoms with van der Waals surface area (Å²) in [5.41, 5.74) is 1.42. The Morgan fingerprint density at radius 3 is 2.17 bits per heavy atom. The number of nitrogens with one attached hydrogen (secondary N) is 1. The topological polar surface area (TPSA) is 68.4 Å². The summed E-state index contributed by atoms with van der Waals surface area (Å²) in [5.74, 6) is -0.853. The fourth-order valence-electron chi connectivity index (χ4n) is 1.65. The summed E-state index contributed by atoms with van der Waals surface area (Å²) in [4.78, 5) is 26.5. The first kappa shape index (κ1) is 15.0. The second-order valence-corrected chi connectivity index (χ2v) is 4.54. The zero-order valence-corrected chi connectivity index (χ0v) is 12.8. The highest BCUT2D eigenvalue weighted by atomic mass is 127. The third-order valence-electron chi connectivity index (χ3n) is 2.37. The normalized spacial score (nSPS) is 10.2. The monoisotopic (exact) mass is 365 g/mol. The molecule has 5 nitrogen and oxygen atoms in total. The molecule has 0 atom stereocenters. The van der Waals surface area contributed by atoms with Crippen molar-refractivity contribution in [3.63, 3.8) is 0 Å². The Balaban J connectivity index is 3.20. The van der Waals surface area contributed by atoms with Gasteiger partial charge in [0.15, 0.2) is 0 Å². The molecule has 0 amide bonds. The van der Waals surface area contributed by atoms with Crippen LogP contribution in [0, 0.1) is 3.70 Å². The van der Waals surface area contributed by atoms with Crippen LogP contribution in [0.5, 0.6) is 0 Å². The van der Waals surface area contributed by atoms with Gasteiger partial charge in [0.1, 0.15) is 5.69 Å². The Labute approximate surface area is 119 Å². The number of ether oxygens (including phenoxy) is 2. The molecule has 1 aromatic heterocycles. The first-order chi connectivity index (χ1) is 8.56. The van der Waals surface area contributed by atoms with Gasteiger partial charge in [-0.2, -0.15) is 0 Å². The Morgan fingerprint density at radius 1 is 1.11 bits per heavy atom. The van der Waals surface area contributed by atoms with Crippen molar-refractivity contribution in [2.24, 2.45) is 0 Å². The molecule has 0 radical (unpaired) electrons. The van der Waals surface area contributed by atoms with Crippen LogP contribution >= 0.6 is 22.6 Å². The molecule has 1 N–H and O–H groups in total. The molecule has 18 heavy (non-hydrogen) atoms. The van der Waals surface area contributed by atoms with E-state index in [9.17, 15) is 9.59 Å². The lowest BCUT2D eigenvalue weighted by atomic mass is 10.1. The van der Waals surface area contributed by atoms with Crippen molar-refractivity contribution in [2.45, 2.75) is 27.2 Å². The van der Waals surface area contributed by atoms with E-state index >= 15 is 0 Å². The lowest BCUT2D eigenvalue weighted by Gasteiger charge is -2.04. The van der Waals surface area contributed by atoms with E-state index in [1.54, 1.807) is 13.8 Å². The number of rotatable bonds is 5. The third kappa shape index (κ3) is 3.04. The summed E-state index contributed by atoms with van der Waals surface area (Å²) < 4.78 is 10.5. The van der Waals surface area contributed by atoms with E-state index in [1.165, 1.54) is 0 Å². The second-order valence-electron chi connectivity index (χ2n) is 3.46. The first-order valence-electron chi connectivity index (χ1n) is 5.81. The van der Waals surface area contributed by atoms with Gasteiger partial charge in [-0.1, -0.05) is 6.92 Å². The van der Waals surface area contributed by atoms with Crippen LogP contribution in [0.4, 0.5) is 0 Å². The lowest BCUT2D eigenvalue weighted by Crippen LogP contribution is -2.10. The molecule has 0 fully saturated rings. The largest absolute Gasteiger partial charge is 0.462 e. The lowest BCUT2D eigenvalue weighted by molar-refractivity contribution is 0.0517. The van der Waals surface area contributed by atoms with E-state index in [0.717, 1.165) is 0 Å². The van der Waals surface area contributed by atoms with Gasteiger partial charge in [-0.3, -0.25) is 0 Å².